The third kappa shape index (κ3) is 6.48. The van der Waals surface area contributed by atoms with Crippen LogP contribution in [0.25, 0.3) is 0 Å². The first-order valence-electron chi connectivity index (χ1n) is 9.20. The van der Waals surface area contributed by atoms with Gasteiger partial charge in [0.1, 0.15) is 0 Å². The molecule has 3 aliphatic rings. The van der Waals surface area contributed by atoms with Gasteiger partial charge in [-0.3, -0.25) is 0 Å². The van der Waals surface area contributed by atoms with Gasteiger partial charge in [0, 0.05) is 12.3 Å². The van der Waals surface area contributed by atoms with Crippen molar-refractivity contribution in [2.75, 3.05) is 12.3 Å². The van der Waals surface area contributed by atoms with Gasteiger partial charge in [-0.25, -0.2) is 0 Å². The van der Waals surface area contributed by atoms with Gasteiger partial charge in [-0.15, -0.1) is 32.8 Å². The Hall–Kier alpha value is -1.07. The molecule has 0 fully saturated rings. The molecule has 0 radical (unpaired) electrons. The van der Waals surface area contributed by atoms with Gasteiger partial charge in [0.25, 0.3) is 0 Å². The van der Waals surface area contributed by atoms with Gasteiger partial charge >= 0.3 is 15.7 Å². The summed E-state index contributed by atoms with van der Waals surface area (Å²) in [7, 11) is -13.7. The van der Waals surface area contributed by atoms with Crippen LogP contribution in [0.5, 0.6) is 0 Å². The molecule has 0 aromatic carbocycles. The number of rotatable bonds is 10. The molecule has 1 aliphatic heterocycles. The molecule has 0 aromatic heterocycles. The Morgan fingerprint density at radius 1 is 0.679 bits per heavy atom. The summed E-state index contributed by atoms with van der Waals surface area (Å²) in [6, 6.07) is 0. The van der Waals surface area contributed by atoms with E-state index in [-0.39, 0.29) is 12.3 Å². The van der Waals surface area contributed by atoms with E-state index in [0.717, 1.165) is 36.8 Å². The lowest BCUT2D eigenvalue weighted by Crippen LogP contribution is -1.97. The summed E-state index contributed by atoms with van der Waals surface area (Å²) in [6.45, 7) is 0. The average Bonchev–Trinajstić information content (AvgIpc) is 3.26. The summed E-state index contributed by atoms with van der Waals surface area (Å²) in [6.07, 6.45) is 15.8. The molecule has 0 amide bonds. The standard InChI is InChI=1S/C18H22F4N3P3/c19-27(20)23-26(24-28(21,22)25-27,15-7-5-13-17-9-1-2-10-17)16-8-6-14-18-11-3-4-12-18/h1-4,9,11H,5-8,13-16H2. The average molecular weight is 449 g/mol. The van der Waals surface area contributed by atoms with Crippen molar-refractivity contribution in [2.24, 2.45) is 13.5 Å². The molecule has 0 spiro atoms. The lowest BCUT2D eigenvalue weighted by atomic mass is 10.1. The van der Waals surface area contributed by atoms with E-state index in [2.05, 4.69) is 25.0 Å². The molecule has 28 heavy (non-hydrogen) atoms. The van der Waals surface area contributed by atoms with Crippen LogP contribution in [-0.2, 0) is 0 Å². The molecular weight excluding hydrogens is 427 g/mol. The van der Waals surface area contributed by atoms with E-state index >= 15 is 0 Å². The summed E-state index contributed by atoms with van der Waals surface area (Å²) in [5, 5.41) is 0. The number of hydrogen-bond acceptors (Lipinski definition) is 3. The van der Waals surface area contributed by atoms with Gasteiger partial charge < -0.3 is 0 Å². The molecule has 0 aromatic rings. The topological polar surface area (TPSA) is 37.1 Å². The summed E-state index contributed by atoms with van der Waals surface area (Å²) >= 11 is 0. The van der Waals surface area contributed by atoms with Gasteiger partial charge in [-0.05, 0) is 61.8 Å². The van der Waals surface area contributed by atoms with Crippen LogP contribution in [-0.4, -0.2) is 12.3 Å². The highest BCUT2D eigenvalue weighted by Crippen LogP contribution is 2.81. The lowest BCUT2D eigenvalue weighted by molar-refractivity contribution is 0.699. The van der Waals surface area contributed by atoms with Crippen molar-refractivity contribution in [3.05, 3.63) is 59.1 Å². The summed E-state index contributed by atoms with van der Waals surface area (Å²) < 4.78 is 65.4. The fourth-order valence-corrected chi connectivity index (χ4v) is 12.0. The van der Waals surface area contributed by atoms with E-state index < -0.39 is 22.9 Å². The molecule has 0 unspecified atom stereocenters. The number of hydrogen-bond donors (Lipinski definition) is 0. The molecule has 0 saturated heterocycles. The highest BCUT2D eigenvalue weighted by atomic mass is 31.3. The van der Waals surface area contributed by atoms with Crippen molar-refractivity contribution >= 4 is 22.9 Å². The molecule has 0 N–H and O–H groups in total. The van der Waals surface area contributed by atoms with Crippen molar-refractivity contribution in [1.82, 2.24) is 0 Å². The van der Waals surface area contributed by atoms with E-state index in [0.29, 0.717) is 12.8 Å². The van der Waals surface area contributed by atoms with E-state index in [1.165, 1.54) is 0 Å². The molecule has 0 bridgehead atoms. The van der Waals surface area contributed by atoms with Crippen molar-refractivity contribution in [3.63, 3.8) is 0 Å². The zero-order valence-corrected chi connectivity index (χ0v) is 18.0. The van der Waals surface area contributed by atoms with E-state index in [1.54, 1.807) is 0 Å². The molecule has 10 heteroatoms. The zero-order chi connectivity index (χ0) is 20.1. The number of halogens is 4. The first-order valence-corrected chi connectivity index (χ1v) is 14.2. The zero-order valence-electron chi connectivity index (χ0n) is 15.3. The second-order valence-electron chi connectivity index (χ2n) is 6.81. The van der Waals surface area contributed by atoms with Crippen molar-refractivity contribution in [3.8, 4) is 0 Å². The smallest absolute Gasteiger partial charge is 0.185 e. The van der Waals surface area contributed by atoms with E-state index in [4.69, 9.17) is 0 Å². The van der Waals surface area contributed by atoms with Gasteiger partial charge in [-0.1, -0.05) is 24.3 Å². The molecule has 0 saturated carbocycles. The summed E-state index contributed by atoms with van der Waals surface area (Å²) in [5.74, 6) is 0. The van der Waals surface area contributed by atoms with Crippen LogP contribution >= 0.6 is 22.9 Å². The van der Waals surface area contributed by atoms with Crippen LogP contribution in [0.2, 0.25) is 0 Å². The Balaban J connectivity index is 1.66. The molecule has 1 heterocycles. The van der Waals surface area contributed by atoms with Crippen LogP contribution in [0.1, 0.15) is 38.5 Å². The molecule has 0 atom stereocenters. The number of nitrogens with zero attached hydrogens (tertiary/aromatic N) is 3. The molecular formula is C18H22F4N3P3. The monoisotopic (exact) mass is 449 g/mol. The first kappa shape index (κ1) is 21.6. The SMILES string of the molecule is FP1(F)=NP(F)(F)=NP(CCCCC2=C=CC=C2)(CCCCC2=C=CC=C2)=N1. The number of unbranched alkanes of at least 4 members (excludes halogenated alkanes) is 2. The Labute approximate surface area is 163 Å². The normalized spacial score (nSPS) is 22.4. The molecule has 2 aliphatic carbocycles. The second kappa shape index (κ2) is 9.17. The predicted molar refractivity (Wildman–Crippen MR) is 111 cm³/mol. The third-order valence-electron chi connectivity index (χ3n) is 4.51. The highest BCUT2D eigenvalue weighted by molar-refractivity contribution is 7.81. The first-order chi connectivity index (χ1) is 13.3. The largest absolute Gasteiger partial charge is 0.421 e. The third-order valence-corrected chi connectivity index (χ3v) is 12.7. The fourth-order valence-electron chi connectivity index (χ4n) is 3.28. The molecule has 3 rings (SSSR count). The Bertz CT molecular complexity index is 924. The minimum absolute atomic E-state index is 0.219. The maximum Gasteiger partial charge on any atom is 0.421 e. The fraction of sp³-hybridized carbons (Fsp3) is 0.444. The second-order valence-corrected chi connectivity index (χ2v) is 13.4. The Morgan fingerprint density at radius 2 is 1.18 bits per heavy atom. The van der Waals surface area contributed by atoms with Gasteiger partial charge in [0.05, 0.1) is 7.21 Å². The summed E-state index contributed by atoms with van der Waals surface area (Å²) in [5.41, 5.74) is 8.25. The minimum atomic E-state index is -5.28. The van der Waals surface area contributed by atoms with Crippen LogP contribution in [0, 0.1) is 0 Å². The quantitative estimate of drug-likeness (QED) is 0.138. The number of allylic oxidation sites excluding steroid dienone is 6. The minimum Gasteiger partial charge on any atom is -0.185 e. The van der Waals surface area contributed by atoms with Crippen molar-refractivity contribution < 1.29 is 16.8 Å². The molecule has 152 valence electrons. The Kier molecular flexibility index (Phi) is 7.08. The van der Waals surface area contributed by atoms with Crippen molar-refractivity contribution in [1.29, 1.82) is 0 Å². The van der Waals surface area contributed by atoms with Gasteiger partial charge in [0.2, 0.25) is 0 Å². The van der Waals surface area contributed by atoms with Crippen molar-refractivity contribution in [2.45, 2.75) is 38.5 Å². The van der Waals surface area contributed by atoms with Crippen LogP contribution in [0.15, 0.2) is 72.6 Å². The maximum absolute atomic E-state index is 13.9. The van der Waals surface area contributed by atoms with Crippen LogP contribution in [0.4, 0.5) is 16.8 Å². The van der Waals surface area contributed by atoms with Gasteiger partial charge in [-0.2, -0.15) is 9.03 Å². The lowest BCUT2D eigenvalue weighted by Gasteiger charge is -2.24. The highest BCUT2D eigenvalue weighted by Gasteiger charge is 2.37. The summed E-state index contributed by atoms with van der Waals surface area (Å²) in [4.78, 5) is 0. The van der Waals surface area contributed by atoms with E-state index in [1.807, 2.05) is 36.5 Å². The van der Waals surface area contributed by atoms with Crippen LogP contribution in [0.3, 0.4) is 0 Å². The van der Waals surface area contributed by atoms with Gasteiger partial charge in [0.15, 0.2) is 0 Å². The predicted octanol–water partition coefficient (Wildman–Crippen LogP) is 9.53. The molecule has 3 nitrogen and oxygen atoms in total. The maximum atomic E-state index is 13.9. The van der Waals surface area contributed by atoms with Crippen LogP contribution < -0.4 is 0 Å². The van der Waals surface area contributed by atoms with E-state index in [9.17, 15) is 16.8 Å². The Morgan fingerprint density at radius 3 is 1.61 bits per heavy atom.